The molecule has 1 amide bonds. The van der Waals surface area contributed by atoms with Crippen LogP contribution < -0.4 is 5.32 Å². The van der Waals surface area contributed by atoms with Crippen LogP contribution in [-0.4, -0.2) is 23.0 Å². The van der Waals surface area contributed by atoms with Gasteiger partial charge in [0.25, 0.3) is 0 Å². The maximum atomic E-state index is 11.8. The average molecular weight is 343 g/mol. The van der Waals surface area contributed by atoms with Gasteiger partial charge in [0.15, 0.2) is 0 Å². The van der Waals surface area contributed by atoms with E-state index in [1.54, 1.807) is 29.2 Å². The van der Waals surface area contributed by atoms with E-state index in [1.165, 1.54) is 6.08 Å². The van der Waals surface area contributed by atoms with E-state index in [0.717, 1.165) is 21.5 Å². The molecule has 1 aliphatic rings. The first-order valence-corrected chi connectivity index (χ1v) is 8.20. The quantitative estimate of drug-likeness (QED) is 0.859. The second kappa shape index (κ2) is 5.91. The minimum Gasteiger partial charge on any atom is -0.333 e. The average Bonchev–Trinajstić information content (AvgIpc) is 2.97. The van der Waals surface area contributed by atoms with Crippen molar-refractivity contribution in [1.82, 2.24) is 5.32 Å². The Bertz CT molecular complexity index is 512. The molecule has 1 aromatic heterocycles. The van der Waals surface area contributed by atoms with Gasteiger partial charge in [-0.05, 0) is 51.2 Å². The zero-order valence-electron chi connectivity index (χ0n) is 9.48. The standard InChI is InChI=1S/C12H11BrN2OS2/c13-10-5-9(6-18-10)1-2-11(16)15-12(7-14)3-4-17-8-12/h1-2,5-6H,3-4,8H2,(H,15,16)/b2-1+/t12-/m1/s1. The fourth-order valence-corrected chi connectivity index (χ4v) is 4.05. The van der Waals surface area contributed by atoms with E-state index in [1.807, 2.05) is 11.4 Å². The first kappa shape index (κ1) is 13.7. The maximum absolute atomic E-state index is 11.8. The molecule has 0 bridgehead atoms. The van der Waals surface area contributed by atoms with Gasteiger partial charge in [-0.15, -0.1) is 11.3 Å². The number of thiophene rings is 1. The molecule has 0 saturated carbocycles. The fourth-order valence-electron chi connectivity index (χ4n) is 1.64. The Morgan fingerprint density at radius 3 is 3.06 bits per heavy atom. The number of amides is 1. The zero-order chi connectivity index (χ0) is 13.0. The van der Waals surface area contributed by atoms with E-state index in [-0.39, 0.29) is 5.91 Å². The molecule has 6 heteroatoms. The first-order valence-electron chi connectivity index (χ1n) is 5.37. The van der Waals surface area contributed by atoms with Gasteiger partial charge in [-0.1, -0.05) is 0 Å². The summed E-state index contributed by atoms with van der Waals surface area (Å²) in [4.78, 5) is 11.8. The number of nitriles is 1. The second-order valence-electron chi connectivity index (χ2n) is 4.00. The molecule has 1 aliphatic heterocycles. The van der Waals surface area contributed by atoms with Crippen molar-refractivity contribution in [2.75, 3.05) is 11.5 Å². The van der Waals surface area contributed by atoms with Crippen LogP contribution in [0.4, 0.5) is 0 Å². The molecule has 0 aliphatic carbocycles. The van der Waals surface area contributed by atoms with E-state index >= 15 is 0 Å². The summed E-state index contributed by atoms with van der Waals surface area (Å²) in [6, 6.07) is 4.16. The largest absolute Gasteiger partial charge is 0.333 e. The molecule has 0 radical (unpaired) electrons. The molecule has 1 N–H and O–H groups in total. The van der Waals surface area contributed by atoms with Crippen LogP contribution in [0.15, 0.2) is 21.3 Å². The van der Waals surface area contributed by atoms with Gasteiger partial charge in [0.05, 0.1) is 9.86 Å². The number of nitrogens with one attached hydrogen (secondary N) is 1. The second-order valence-corrected chi connectivity index (χ2v) is 7.40. The summed E-state index contributed by atoms with van der Waals surface area (Å²) in [5, 5.41) is 13.9. The molecule has 1 saturated heterocycles. The number of halogens is 1. The molecular formula is C12H11BrN2OS2. The van der Waals surface area contributed by atoms with Crippen molar-refractivity contribution in [1.29, 1.82) is 5.26 Å². The van der Waals surface area contributed by atoms with Gasteiger partial charge in [-0.2, -0.15) is 17.0 Å². The van der Waals surface area contributed by atoms with Crippen molar-refractivity contribution < 1.29 is 4.79 Å². The van der Waals surface area contributed by atoms with E-state index < -0.39 is 5.54 Å². The van der Waals surface area contributed by atoms with E-state index in [0.29, 0.717) is 5.75 Å². The highest BCUT2D eigenvalue weighted by Crippen LogP contribution is 2.27. The van der Waals surface area contributed by atoms with Crippen molar-refractivity contribution in [2.45, 2.75) is 12.0 Å². The molecule has 3 nitrogen and oxygen atoms in total. The summed E-state index contributed by atoms with van der Waals surface area (Å²) in [7, 11) is 0. The van der Waals surface area contributed by atoms with E-state index in [2.05, 4.69) is 27.3 Å². The van der Waals surface area contributed by atoms with Crippen LogP contribution in [-0.2, 0) is 4.79 Å². The molecule has 0 spiro atoms. The lowest BCUT2D eigenvalue weighted by Crippen LogP contribution is -2.46. The Morgan fingerprint density at radius 2 is 2.50 bits per heavy atom. The summed E-state index contributed by atoms with van der Waals surface area (Å²) in [5.41, 5.74) is 0.301. The Kier molecular flexibility index (Phi) is 4.49. The predicted molar refractivity (Wildman–Crippen MR) is 79.5 cm³/mol. The first-order chi connectivity index (χ1) is 8.63. The van der Waals surface area contributed by atoms with Crippen molar-refractivity contribution in [3.05, 3.63) is 26.9 Å². The van der Waals surface area contributed by atoms with Crippen molar-refractivity contribution in [2.24, 2.45) is 0 Å². The van der Waals surface area contributed by atoms with Crippen LogP contribution in [0.5, 0.6) is 0 Å². The molecule has 1 aromatic rings. The van der Waals surface area contributed by atoms with Gasteiger partial charge < -0.3 is 5.32 Å². The number of hydrogen-bond donors (Lipinski definition) is 1. The van der Waals surface area contributed by atoms with E-state index in [9.17, 15) is 4.79 Å². The maximum Gasteiger partial charge on any atom is 0.245 e. The molecule has 1 fully saturated rings. The smallest absolute Gasteiger partial charge is 0.245 e. The lowest BCUT2D eigenvalue weighted by Gasteiger charge is -2.19. The molecular weight excluding hydrogens is 332 g/mol. The Balaban J connectivity index is 1.96. The molecule has 2 heterocycles. The SMILES string of the molecule is N#C[C@]1(NC(=O)/C=C/c2csc(Br)c2)CCSC1. The summed E-state index contributed by atoms with van der Waals surface area (Å²) < 4.78 is 1.03. The van der Waals surface area contributed by atoms with Crippen molar-refractivity contribution in [3.63, 3.8) is 0 Å². The molecule has 2 rings (SSSR count). The van der Waals surface area contributed by atoms with Crippen LogP contribution in [0.3, 0.4) is 0 Å². The van der Waals surface area contributed by atoms with Gasteiger partial charge in [-0.3, -0.25) is 4.79 Å². The number of nitrogens with zero attached hydrogens (tertiary/aromatic N) is 1. The van der Waals surface area contributed by atoms with Crippen LogP contribution >= 0.6 is 39.0 Å². The van der Waals surface area contributed by atoms with Crippen LogP contribution in [0.25, 0.3) is 6.08 Å². The van der Waals surface area contributed by atoms with Crippen molar-refractivity contribution in [3.8, 4) is 6.07 Å². The summed E-state index contributed by atoms with van der Waals surface area (Å²) >= 11 is 6.64. The summed E-state index contributed by atoms with van der Waals surface area (Å²) in [6.07, 6.45) is 3.96. The normalized spacial score (nSPS) is 23.1. The highest BCUT2D eigenvalue weighted by molar-refractivity contribution is 9.11. The number of carbonyl (C=O) groups is 1. The third kappa shape index (κ3) is 3.37. The summed E-state index contributed by atoms with van der Waals surface area (Å²) in [6.45, 7) is 0. The van der Waals surface area contributed by atoms with Crippen LogP contribution in [0, 0.1) is 11.3 Å². The molecule has 18 heavy (non-hydrogen) atoms. The molecule has 0 aromatic carbocycles. The minimum absolute atomic E-state index is 0.207. The molecule has 94 valence electrons. The monoisotopic (exact) mass is 342 g/mol. The number of rotatable bonds is 3. The minimum atomic E-state index is -0.679. The fraction of sp³-hybridized carbons (Fsp3) is 0.333. The highest BCUT2D eigenvalue weighted by Gasteiger charge is 2.35. The number of carbonyl (C=O) groups excluding carboxylic acids is 1. The third-order valence-corrected chi connectivity index (χ3v) is 5.33. The zero-order valence-corrected chi connectivity index (χ0v) is 12.7. The Hall–Kier alpha value is -0.770. The van der Waals surface area contributed by atoms with Gasteiger partial charge in [0, 0.05) is 11.8 Å². The topological polar surface area (TPSA) is 52.9 Å². The van der Waals surface area contributed by atoms with Crippen molar-refractivity contribution >= 4 is 51.0 Å². The number of thioether (sulfide) groups is 1. The summed E-state index contributed by atoms with van der Waals surface area (Å²) in [5.74, 6) is 1.39. The van der Waals surface area contributed by atoms with Crippen LogP contribution in [0.1, 0.15) is 12.0 Å². The van der Waals surface area contributed by atoms with Gasteiger partial charge >= 0.3 is 0 Å². The van der Waals surface area contributed by atoms with Gasteiger partial charge in [0.2, 0.25) is 5.91 Å². The van der Waals surface area contributed by atoms with Crippen LogP contribution in [0.2, 0.25) is 0 Å². The molecule has 0 unspecified atom stereocenters. The predicted octanol–water partition coefficient (Wildman–Crippen LogP) is 3.04. The van der Waals surface area contributed by atoms with E-state index in [4.69, 9.17) is 5.26 Å². The Labute approximate surface area is 122 Å². The lowest BCUT2D eigenvalue weighted by molar-refractivity contribution is -0.117. The van der Waals surface area contributed by atoms with Gasteiger partial charge in [0.1, 0.15) is 5.54 Å². The lowest BCUT2D eigenvalue weighted by atomic mass is 10.0. The Morgan fingerprint density at radius 1 is 1.67 bits per heavy atom. The third-order valence-electron chi connectivity index (χ3n) is 2.61. The molecule has 1 atom stereocenters. The number of hydrogen-bond acceptors (Lipinski definition) is 4. The van der Waals surface area contributed by atoms with Gasteiger partial charge in [-0.25, -0.2) is 0 Å². The highest BCUT2D eigenvalue weighted by atomic mass is 79.9.